The van der Waals surface area contributed by atoms with Crippen LogP contribution in [0.15, 0.2) is 24.3 Å². The van der Waals surface area contributed by atoms with Gasteiger partial charge in [-0.2, -0.15) is 0 Å². The predicted molar refractivity (Wildman–Crippen MR) is 85.6 cm³/mol. The highest BCUT2D eigenvalue weighted by Gasteiger charge is 2.31. The number of carbonyl (C=O) groups excluding carboxylic acids is 1. The molecular formula is C16H25ClN2O. The first-order valence-electron chi connectivity index (χ1n) is 7.08. The molecule has 1 aliphatic rings. The van der Waals surface area contributed by atoms with Crippen molar-refractivity contribution in [2.45, 2.75) is 39.7 Å². The Morgan fingerprint density at radius 1 is 1.40 bits per heavy atom. The second-order valence-corrected chi connectivity index (χ2v) is 6.12. The highest BCUT2D eigenvalue weighted by molar-refractivity contribution is 5.95. The Labute approximate surface area is 127 Å². The minimum absolute atomic E-state index is 0. The van der Waals surface area contributed by atoms with Crippen molar-refractivity contribution < 1.29 is 4.79 Å². The van der Waals surface area contributed by atoms with Crippen molar-refractivity contribution in [1.29, 1.82) is 0 Å². The van der Waals surface area contributed by atoms with E-state index in [0.717, 1.165) is 17.7 Å². The summed E-state index contributed by atoms with van der Waals surface area (Å²) in [6, 6.07) is 8.07. The summed E-state index contributed by atoms with van der Waals surface area (Å²) in [7, 11) is 0. The lowest BCUT2D eigenvalue weighted by atomic mass is 9.77. The van der Waals surface area contributed by atoms with Gasteiger partial charge in [0.1, 0.15) is 0 Å². The lowest BCUT2D eigenvalue weighted by Gasteiger charge is -2.39. The van der Waals surface area contributed by atoms with Gasteiger partial charge < -0.3 is 10.6 Å². The Balaban J connectivity index is 0.00000200. The minimum atomic E-state index is 0. The van der Waals surface area contributed by atoms with E-state index in [9.17, 15) is 4.79 Å². The molecule has 1 aliphatic heterocycles. The Hall–Kier alpha value is -1.06. The van der Waals surface area contributed by atoms with Gasteiger partial charge in [-0.3, -0.25) is 4.79 Å². The van der Waals surface area contributed by atoms with Crippen LogP contribution in [0.1, 0.15) is 42.6 Å². The van der Waals surface area contributed by atoms with E-state index in [1.54, 1.807) is 0 Å². The molecule has 4 heteroatoms. The van der Waals surface area contributed by atoms with Crippen molar-refractivity contribution in [1.82, 2.24) is 10.6 Å². The molecule has 1 aromatic rings. The first-order valence-corrected chi connectivity index (χ1v) is 7.08. The maximum Gasteiger partial charge on any atom is 0.251 e. The minimum Gasteiger partial charge on any atom is -0.350 e. The van der Waals surface area contributed by atoms with Gasteiger partial charge in [-0.1, -0.05) is 32.0 Å². The van der Waals surface area contributed by atoms with Crippen molar-refractivity contribution in [2.24, 2.45) is 5.41 Å². The number of halogens is 1. The van der Waals surface area contributed by atoms with Crippen LogP contribution in [0.3, 0.4) is 0 Å². The summed E-state index contributed by atoms with van der Waals surface area (Å²) in [5.74, 6) is 0.0290. The van der Waals surface area contributed by atoms with Gasteiger partial charge in [0.15, 0.2) is 0 Å². The lowest BCUT2D eigenvalue weighted by Crippen LogP contribution is -2.52. The summed E-state index contributed by atoms with van der Waals surface area (Å²) in [5.41, 5.74) is 2.05. The van der Waals surface area contributed by atoms with Crippen LogP contribution in [0.5, 0.6) is 0 Å². The van der Waals surface area contributed by atoms with Crippen LogP contribution in [0.25, 0.3) is 0 Å². The standard InChI is InChI=1S/C16H24N2O.ClH/c1-12-7-4-5-8-13(12)15(19)18-11-14-16(2,3)9-6-10-17-14;/h4-5,7-8,14,17H,6,9-11H2,1-3H3,(H,18,19);1H. The van der Waals surface area contributed by atoms with Gasteiger partial charge in [0, 0.05) is 18.2 Å². The number of rotatable bonds is 3. The largest absolute Gasteiger partial charge is 0.350 e. The molecule has 0 saturated carbocycles. The number of benzene rings is 1. The molecule has 1 fully saturated rings. The van der Waals surface area contributed by atoms with E-state index in [-0.39, 0.29) is 23.7 Å². The SMILES string of the molecule is Cc1ccccc1C(=O)NCC1NCCCC1(C)C.Cl. The molecular weight excluding hydrogens is 272 g/mol. The fourth-order valence-corrected chi connectivity index (χ4v) is 2.74. The van der Waals surface area contributed by atoms with Crippen LogP contribution in [-0.4, -0.2) is 25.0 Å². The van der Waals surface area contributed by atoms with Crippen molar-refractivity contribution in [2.75, 3.05) is 13.1 Å². The van der Waals surface area contributed by atoms with Crippen LogP contribution in [0.2, 0.25) is 0 Å². The molecule has 0 radical (unpaired) electrons. The van der Waals surface area contributed by atoms with E-state index in [1.165, 1.54) is 12.8 Å². The quantitative estimate of drug-likeness (QED) is 0.900. The average Bonchev–Trinajstić information content (AvgIpc) is 2.37. The molecule has 1 unspecified atom stereocenters. The third-order valence-corrected chi connectivity index (χ3v) is 4.19. The van der Waals surface area contributed by atoms with Gasteiger partial charge in [0.25, 0.3) is 5.91 Å². The highest BCUT2D eigenvalue weighted by atomic mass is 35.5. The fraction of sp³-hybridized carbons (Fsp3) is 0.562. The monoisotopic (exact) mass is 296 g/mol. The van der Waals surface area contributed by atoms with Gasteiger partial charge in [0.05, 0.1) is 0 Å². The fourth-order valence-electron chi connectivity index (χ4n) is 2.74. The molecule has 20 heavy (non-hydrogen) atoms. The molecule has 1 aromatic carbocycles. The number of carbonyl (C=O) groups is 1. The number of aryl methyl sites for hydroxylation is 1. The van der Waals surface area contributed by atoms with Crippen molar-refractivity contribution >= 4 is 18.3 Å². The highest BCUT2D eigenvalue weighted by Crippen LogP contribution is 2.29. The number of amides is 1. The molecule has 0 bridgehead atoms. The maximum atomic E-state index is 12.2. The molecule has 1 saturated heterocycles. The van der Waals surface area contributed by atoms with Crippen LogP contribution >= 0.6 is 12.4 Å². The normalized spacial score (nSPS) is 20.9. The molecule has 2 N–H and O–H groups in total. The number of hydrogen-bond donors (Lipinski definition) is 2. The van der Waals surface area contributed by atoms with Crippen molar-refractivity contribution in [3.8, 4) is 0 Å². The zero-order valence-electron chi connectivity index (χ0n) is 12.5. The van der Waals surface area contributed by atoms with Gasteiger partial charge >= 0.3 is 0 Å². The van der Waals surface area contributed by atoms with Gasteiger partial charge in [0.2, 0.25) is 0 Å². The van der Waals surface area contributed by atoms with Crippen molar-refractivity contribution in [3.63, 3.8) is 0 Å². The maximum absolute atomic E-state index is 12.2. The predicted octanol–water partition coefficient (Wildman–Crippen LogP) is 2.92. The zero-order valence-corrected chi connectivity index (χ0v) is 13.3. The summed E-state index contributed by atoms with van der Waals surface area (Å²) in [6.45, 7) is 8.25. The molecule has 1 amide bonds. The smallest absolute Gasteiger partial charge is 0.251 e. The van der Waals surface area contributed by atoms with E-state index >= 15 is 0 Å². The molecule has 0 aliphatic carbocycles. The third kappa shape index (κ3) is 3.97. The summed E-state index contributed by atoms with van der Waals surface area (Å²) >= 11 is 0. The Morgan fingerprint density at radius 2 is 2.10 bits per heavy atom. The summed E-state index contributed by atoms with van der Waals surface area (Å²) in [6.07, 6.45) is 2.43. The summed E-state index contributed by atoms with van der Waals surface area (Å²) in [4.78, 5) is 12.2. The molecule has 1 atom stereocenters. The molecule has 2 rings (SSSR count). The van der Waals surface area contributed by atoms with Crippen LogP contribution < -0.4 is 10.6 Å². The molecule has 112 valence electrons. The second-order valence-electron chi connectivity index (χ2n) is 6.12. The number of hydrogen-bond acceptors (Lipinski definition) is 2. The molecule has 1 heterocycles. The Morgan fingerprint density at radius 3 is 2.75 bits per heavy atom. The van der Waals surface area contributed by atoms with Crippen LogP contribution in [0, 0.1) is 12.3 Å². The molecule has 3 nitrogen and oxygen atoms in total. The van der Waals surface area contributed by atoms with E-state index in [0.29, 0.717) is 12.6 Å². The number of nitrogens with one attached hydrogen (secondary N) is 2. The van der Waals surface area contributed by atoms with Gasteiger partial charge in [-0.05, 0) is 43.4 Å². The van der Waals surface area contributed by atoms with E-state index in [1.807, 2.05) is 31.2 Å². The Kier molecular flexibility index (Phi) is 6.03. The average molecular weight is 297 g/mol. The topological polar surface area (TPSA) is 41.1 Å². The van der Waals surface area contributed by atoms with Gasteiger partial charge in [-0.25, -0.2) is 0 Å². The van der Waals surface area contributed by atoms with Crippen LogP contribution in [0.4, 0.5) is 0 Å². The van der Waals surface area contributed by atoms with Crippen molar-refractivity contribution in [3.05, 3.63) is 35.4 Å². The molecule has 0 spiro atoms. The zero-order chi connectivity index (χ0) is 13.9. The number of piperidine rings is 1. The van der Waals surface area contributed by atoms with Crippen LogP contribution in [-0.2, 0) is 0 Å². The van der Waals surface area contributed by atoms with E-state index in [4.69, 9.17) is 0 Å². The third-order valence-electron chi connectivity index (χ3n) is 4.19. The van der Waals surface area contributed by atoms with E-state index in [2.05, 4.69) is 24.5 Å². The second kappa shape index (κ2) is 7.09. The lowest BCUT2D eigenvalue weighted by molar-refractivity contribution is 0.0928. The first-order chi connectivity index (χ1) is 9.00. The molecule has 0 aromatic heterocycles. The Bertz CT molecular complexity index is 460. The summed E-state index contributed by atoms with van der Waals surface area (Å²) in [5, 5.41) is 6.58. The van der Waals surface area contributed by atoms with Gasteiger partial charge in [-0.15, -0.1) is 12.4 Å². The van der Waals surface area contributed by atoms with E-state index < -0.39 is 0 Å². The summed E-state index contributed by atoms with van der Waals surface area (Å²) < 4.78 is 0. The first kappa shape index (κ1) is 17.0.